The number of carboxylic acids is 1. The van der Waals surface area contributed by atoms with Crippen molar-refractivity contribution in [3.63, 3.8) is 0 Å². The van der Waals surface area contributed by atoms with Crippen LogP contribution in [0.3, 0.4) is 0 Å². The average Bonchev–Trinajstić information content (AvgIpc) is 3.41. The molecule has 3 aliphatic carbocycles. The number of ether oxygens (including phenoxy) is 2. The summed E-state index contributed by atoms with van der Waals surface area (Å²) < 4.78 is 12.7. The van der Waals surface area contributed by atoms with E-state index in [9.17, 15) is 15.0 Å². The van der Waals surface area contributed by atoms with E-state index in [-0.39, 0.29) is 24.2 Å². The van der Waals surface area contributed by atoms with Gasteiger partial charge in [0, 0.05) is 18.2 Å². The van der Waals surface area contributed by atoms with Crippen LogP contribution in [0.2, 0.25) is 0 Å². The number of aliphatic hydroxyl groups is 1. The molecule has 0 aromatic heterocycles. The van der Waals surface area contributed by atoms with Crippen LogP contribution in [0, 0.1) is 5.92 Å². The summed E-state index contributed by atoms with van der Waals surface area (Å²) in [5.41, 5.74) is 0.723. The van der Waals surface area contributed by atoms with Crippen molar-refractivity contribution in [1.82, 2.24) is 9.80 Å². The molecule has 2 spiro atoms. The molecule has 3 aliphatic heterocycles. The molecule has 1 aromatic rings. The third kappa shape index (κ3) is 2.43. The first-order valence-electron chi connectivity index (χ1n) is 12.7. The lowest BCUT2D eigenvalue weighted by Crippen LogP contribution is -2.80. The van der Waals surface area contributed by atoms with Gasteiger partial charge in [-0.25, -0.2) is 0 Å². The molecule has 2 N–H and O–H groups in total. The minimum absolute atomic E-state index is 0.0337. The number of carbonyl (C=O) groups is 1. The van der Waals surface area contributed by atoms with Crippen LogP contribution in [0.25, 0.3) is 0 Å². The fourth-order valence-electron chi connectivity index (χ4n) is 8.67. The van der Waals surface area contributed by atoms with E-state index in [0.29, 0.717) is 6.42 Å². The van der Waals surface area contributed by atoms with E-state index in [4.69, 9.17) is 9.47 Å². The molecule has 4 fully saturated rings. The number of carboxylic acid groups (broad SMARTS) is 1. The molecule has 5 atom stereocenters. The van der Waals surface area contributed by atoms with Gasteiger partial charge in [-0.15, -0.1) is 0 Å². The summed E-state index contributed by atoms with van der Waals surface area (Å²) in [4.78, 5) is 16.5. The minimum atomic E-state index is -0.863. The van der Waals surface area contributed by atoms with Gasteiger partial charge in [0.1, 0.15) is 6.10 Å². The molecule has 33 heavy (non-hydrogen) atoms. The van der Waals surface area contributed by atoms with Gasteiger partial charge in [-0.2, -0.15) is 0 Å². The molecular weight excluding hydrogens is 420 g/mol. The van der Waals surface area contributed by atoms with Gasteiger partial charge < -0.3 is 19.7 Å². The Kier molecular flexibility index (Phi) is 4.13. The van der Waals surface area contributed by atoms with E-state index in [1.807, 2.05) is 6.07 Å². The lowest BCUT2D eigenvalue weighted by Gasteiger charge is -2.67. The number of nitrogens with zero attached hydrogens (tertiary/aromatic N) is 2. The van der Waals surface area contributed by atoms with Crippen molar-refractivity contribution >= 4 is 5.97 Å². The predicted molar refractivity (Wildman–Crippen MR) is 121 cm³/mol. The number of fused-ring (bicyclic) bond motifs is 1. The molecule has 7 nitrogen and oxygen atoms in total. The Labute approximate surface area is 194 Å². The smallest absolute Gasteiger partial charge is 0.317 e. The minimum Gasteiger partial charge on any atom is -0.493 e. The normalized spacial score (nSPS) is 41.2. The zero-order valence-corrected chi connectivity index (χ0v) is 19.4. The summed E-state index contributed by atoms with van der Waals surface area (Å²) in [6, 6.07) is 4.30. The maximum absolute atomic E-state index is 12.7. The molecule has 2 saturated heterocycles. The number of aliphatic carboxylic acids is 1. The van der Waals surface area contributed by atoms with Crippen LogP contribution in [-0.2, 0) is 16.6 Å². The molecule has 0 unspecified atom stereocenters. The van der Waals surface area contributed by atoms with E-state index >= 15 is 0 Å². The molecular formula is C26H34N2O5. The predicted octanol–water partition coefficient (Wildman–Crippen LogP) is 2.18. The molecule has 2 saturated carbocycles. The lowest BCUT2D eigenvalue weighted by atomic mass is 9.45. The second kappa shape index (κ2) is 6.64. The first-order chi connectivity index (χ1) is 15.9. The topological polar surface area (TPSA) is 82.5 Å². The van der Waals surface area contributed by atoms with Crippen LogP contribution in [0.15, 0.2) is 12.1 Å². The van der Waals surface area contributed by atoms with Crippen molar-refractivity contribution in [2.24, 2.45) is 5.92 Å². The molecule has 7 rings (SSSR count). The fourth-order valence-corrected chi connectivity index (χ4v) is 8.67. The number of hydrogen-bond acceptors (Lipinski definition) is 6. The number of methoxy groups -OCH3 is 1. The van der Waals surface area contributed by atoms with Crippen LogP contribution in [-0.4, -0.2) is 82.6 Å². The van der Waals surface area contributed by atoms with Gasteiger partial charge in [0.25, 0.3) is 0 Å². The zero-order chi connectivity index (χ0) is 22.6. The third-order valence-corrected chi connectivity index (χ3v) is 10.1. The summed E-state index contributed by atoms with van der Waals surface area (Å²) >= 11 is 0. The van der Waals surface area contributed by atoms with E-state index in [1.54, 1.807) is 7.11 Å². The van der Waals surface area contributed by atoms with Crippen molar-refractivity contribution in [2.75, 3.05) is 33.3 Å². The van der Waals surface area contributed by atoms with Crippen LogP contribution >= 0.6 is 0 Å². The molecule has 0 amide bonds. The summed E-state index contributed by atoms with van der Waals surface area (Å²) in [6.45, 7) is 2.86. The second-order valence-electron chi connectivity index (χ2n) is 11.5. The lowest BCUT2D eigenvalue weighted by molar-refractivity contribution is -0.217. The number of benzene rings is 1. The Morgan fingerprint density at radius 1 is 1.21 bits per heavy atom. The van der Waals surface area contributed by atoms with Crippen molar-refractivity contribution in [3.8, 4) is 11.5 Å². The highest BCUT2D eigenvalue weighted by atomic mass is 16.5. The standard InChI is InChI=1S/C26H34N2O5/c1-32-18-6-5-17-13-19-26(31)9-8-24(7-2-11-28(24)15-20(29)30)23-25(26,21(17)22(18)33-23)10-12-27(19)14-16-3-4-16/h5-6,16,19,23,31H,2-4,7-15H2,1H3,(H,29,30)/t19-,23+,24-,25+,26-/m1/s1. The number of rotatable bonds is 5. The quantitative estimate of drug-likeness (QED) is 0.706. The van der Waals surface area contributed by atoms with Gasteiger partial charge >= 0.3 is 5.97 Å². The third-order valence-electron chi connectivity index (χ3n) is 10.1. The zero-order valence-electron chi connectivity index (χ0n) is 19.4. The Balaban J connectivity index is 1.41. The number of piperidine rings is 1. The SMILES string of the molecule is COc1ccc2c3c1O[C@H]1[C@@]4(CCCN4CC(=O)O)CC[C@@]4(O)[C@@H](C2)N(CC2CC2)CC[C@]314. The largest absolute Gasteiger partial charge is 0.493 e. The summed E-state index contributed by atoms with van der Waals surface area (Å²) in [5.74, 6) is 1.53. The molecule has 6 aliphatic rings. The highest BCUT2D eigenvalue weighted by Crippen LogP contribution is 2.69. The van der Waals surface area contributed by atoms with Crippen LogP contribution < -0.4 is 9.47 Å². The van der Waals surface area contributed by atoms with Gasteiger partial charge in [0.2, 0.25) is 0 Å². The highest BCUT2D eigenvalue weighted by Gasteiger charge is 2.77. The van der Waals surface area contributed by atoms with E-state index < -0.39 is 17.0 Å². The maximum atomic E-state index is 12.7. The van der Waals surface area contributed by atoms with Gasteiger partial charge in [0.05, 0.1) is 30.2 Å². The highest BCUT2D eigenvalue weighted by molar-refractivity contribution is 5.69. The molecule has 1 aromatic carbocycles. The fraction of sp³-hybridized carbons (Fsp3) is 0.731. The molecule has 178 valence electrons. The Morgan fingerprint density at radius 3 is 2.82 bits per heavy atom. The summed E-state index contributed by atoms with van der Waals surface area (Å²) in [5, 5.41) is 22.4. The maximum Gasteiger partial charge on any atom is 0.317 e. The number of hydrogen-bond donors (Lipinski definition) is 2. The van der Waals surface area contributed by atoms with E-state index in [1.165, 1.54) is 18.4 Å². The molecule has 7 heteroatoms. The van der Waals surface area contributed by atoms with Crippen LogP contribution in [0.4, 0.5) is 0 Å². The van der Waals surface area contributed by atoms with Crippen molar-refractivity contribution in [3.05, 3.63) is 23.3 Å². The van der Waals surface area contributed by atoms with E-state index in [0.717, 1.165) is 74.7 Å². The Bertz CT molecular complexity index is 1030. The second-order valence-corrected chi connectivity index (χ2v) is 11.5. The van der Waals surface area contributed by atoms with Crippen LogP contribution in [0.1, 0.15) is 56.1 Å². The molecule has 0 radical (unpaired) electrons. The first kappa shape index (κ1) is 20.5. The summed E-state index contributed by atoms with van der Waals surface area (Å²) in [7, 11) is 1.68. The summed E-state index contributed by atoms with van der Waals surface area (Å²) in [6.07, 6.45) is 7.44. The van der Waals surface area contributed by atoms with Crippen molar-refractivity contribution < 1.29 is 24.5 Å². The first-order valence-corrected chi connectivity index (χ1v) is 12.7. The molecule has 2 bridgehead atoms. The Morgan fingerprint density at radius 2 is 2.06 bits per heavy atom. The van der Waals surface area contributed by atoms with Gasteiger partial charge in [-0.3, -0.25) is 14.6 Å². The Hall–Kier alpha value is -1.83. The van der Waals surface area contributed by atoms with Crippen molar-refractivity contribution in [2.45, 2.75) is 80.1 Å². The monoisotopic (exact) mass is 454 g/mol. The van der Waals surface area contributed by atoms with Crippen molar-refractivity contribution in [1.29, 1.82) is 0 Å². The van der Waals surface area contributed by atoms with E-state index in [2.05, 4.69) is 15.9 Å². The van der Waals surface area contributed by atoms with Crippen LogP contribution in [0.5, 0.6) is 11.5 Å². The average molecular weight is 455 g/mol. The van der Waals surface area contributed by atoms with Gasteiger partial charge in [0.15, 0.2) is 11.5 Å². The van der Waals surface area contributed by atoms with Gasteiger partial charge in [-0.1, -0.05) is 6.07 Å². The number of likely N-dealkylation sites (tertiary alicyclic amines) is 2. The molecule has 3 heterocycles. The van der Waals surface area contributed by atoms with Gasteiger partial charge in [-0.05, 0) is 82.0 Å².